The van der Waals surface area contributed by atoms with Crippen molar-refractivity contribution >= 4 is 16.7 Å². The van der Waals surface area contributed by atoms with E-state index in [-0.39, 0.29) is 22.4 Å². The molecule has 6 heteroatoms. The lowest BCUT2D eigenvalue weighted by Crippen LogP contribution is -2.32. The van der Waals surface area contributed by atoms with Crippen molar-refractivity contribution < 1.29 is 13.6 Å². The van der Waals surface area contributed by atoms with E-state index in [2.05, 4.69) is 0 Å². The van der Waals surface area contributed by atoms with Gasteiger partial charge in [0.1, 0.15) is 5.69 Å². The summed E-state index contributed by atoms with van der Waals surface area (Å²) in [5, 5.41) is 0.286. The van der Waals surface area contributed by atoms with Gasteiger partial charge in [0.25, 0.3) is 11.5 Å². The zero-order chi connectivity index (χ0) is 15.7. The van der Waals surface area contributed by atoms with Gasteiger partial charge in [-0.1, -0.05) is 6.92 Å². The Morgan fingerprint density at radius 3 is 2.38 bits per heavy atom. The van der Waals surface area contributed by atoms with Crippen molar-refractivity contribution in [2.75, 3.05) is 14.1 Å². The number of benzene rings is 1. The standard InChI is InChI=1S/C15H16F2N2O2/c1-4-5-19-13(15(21)18(2)3)7-9-6-11(16)12(17)8-10(9)14(19)20/h6-8H,4-5H2,1-3H3. The molecule has 0 radical (unpaired) electrons. The number of amides is 1. The van der Waals surface area contributed by atoms with Crippen LogP contribution in [0.25, 0.3) is 10.8 Å². The molecule has 0 bridgehead atoms. The fraction of sp³-hybridized carbons (Fsp3) is 0.333. The molecule has 1 amide bonds. The highest BCUT2D eigenvalue weighted by Crippen LogP contribution is 2.18. The Morgan fingerprint density at radius 2 is 1.81 bits per heavy atom. The number of aromatic nitrogens is 1. The average Bonchev–Trinajstić information content (AvgIpc) is 2.43. The second kappa shape index (κ2) is 5.63. The first kappa shape index (κ1) is 15.2. The van der Waals surface area contributed by atoms with Gasteiger partial charge in [-0.2, -0.15) is 0 Å². The van der Waals surface area contributed by atoms with Crippen molar-refractivity contribution in [1.29, 1.82) is 0 Å². The minimum Gasteiger partial charge on any atom is -0.343 e. The highest BCUT2D eigenvalue weighted by atomic mass is 19.2. The maximum absolute atomic E-state index is 13.3. The number of rotatable bonds is 3. The van der Waals surface area contributed by atoms with Crippen molar-refractivity contribution in [3.8, 4) is 0 Å². The second-order valence-electron chi connectivity index (χ2n) is 5.04. The van der Waals surface area contributed by atoms with E-state index in [0.717, 1.165) is 12.1 Å². The molecular weight excluding hydrogens is 278 g/mol. The van der Waals surface area contributed by atoms with Gasteiger partial charge in [-0.05, 0) is 30.0 Å². The lowest BCUT2D eigenvalue weighted by atomic mass is 10.1. The van der Waals surface area contributed by atoms with Gasteiger partial charge >= 0.3 is 0 Å². The molecule has 112 valence electrons. The van der Waals surface area contributed by atoms with Crippen LogP contribution in [0.4, 0.5) is 8.78 Å². The summed E-state index contributed by atoms with van der Waals surface area (Å²) < 4.78 is 28.0. The van der Waals surface area contributed by atoms with Crippen LogP contribution in [0.3, 0.4) is 0 Å². The smallest absolute Gasteiger partial charge is 0.270 e. The van der Waals surface area contributed by atoms with Crippen LogP contribution in [0.2, 0.25) is 0 Å². The Balaban J connectivity index is 2.84. The van der Waals surface area contributed by atoms with Crippen molar-refractivity contribution in [3.05, 3.63) is 45.9 Å². The van der Waals surface area contributed by atoms with Gasteiger partial charge in [-0.15, -0.1) is 0 Å². The molecule has 0 aliphatic carbocycles. The van der Waals surface area contributed by atoms with E-state index >= 15 is 0 Å². The molecule has 21 heavy (non-hydrogen) atoms. The van der Waals surface area contributed by atoms with Crippen LogP contribution in [0.1, 0.15) is 23.8 Å². The van der Waals surface area contributed by atoms with Crippen molar-refractivity contribution in [1.82, 2.24) is 9.47 Å². The van der Waals surface area contributed by atoms with Gasteiger partial charge in [0, 0.05) is 20.6 Å². The Kier molecular flexibility index (Phi) is 4.06. The van der Waals surface area contributed by atoms with Crippen molar-refractivity contribution in [2.45, 2.75) is 19.9 Å². The molecule has 0 N–H and O–H groups in total. The summed E-state index contributed by atoms with van der Waals surface area (Å²) in [5.41, 5.74) is -0.316. The highest BCUT2D eigenvalue weighted by molar-refractivity contribution is 5.96. The molecule has 0 atom stereocenters. The zero-order valence-electron chi connectivity index (χ0n) is 12.1. The van der Waals surface area contributed by atoms with Crippen LogP contribution >= 0.6 is 0 Å². The van der Waals surface area contributed by atoms with Gasteiger partial charge in [0.05, 0.1) is 5.39 Å². The third-order valence-corrected chi connectivity index (χ3v) is 3.22. The molecule has 0 saturated carbocycles. The van der Waals surface area contributed by atoms with Crippen LogP contribution in [0, 0.1) is 11.6 Å². The molecule has 0 unspecified atom stereocenters. The van der Waals surface area contributed by atoms with E-state index in [1.807, 2.05) is 6.92 Å². The molecule has 1 aromatic carbocycles. The molecule has 0 aliphatic rings. The zero-order valence-corrected chi connectivity index (χ0v) is 12.1. The van der Waals surface area contributed by atoms with Crippen LogP contribution in [0.15, 0.2) is 23.0 Å². The maximum atomic E-state index is 13.3. The summed E-state index contributed by atoms with van der Waals surface area (Å²) in [7, 11) is 3.14. The van der Waals surface area contributed by atoms with E-state index in [1.165, 1.54) is 15.5 Å². The van der Waals surface area contributed by atoms with Gasteiger partial charge in [-0.25, -0.2) is 8.78 Å². The second-order valence-corrected chi connectivity index (χ2v) is 5.04. The molecule has 2 aromatic rings. The van der Waals surface area contributed by atoms with Gasteiger partial charge in [0.2, 0.25) is 0 Å². The number of fused-ring (bicyclic) bond motifs is 1. The summed E-state index contributed by atoms with van der Waals surface area (Å²) in [6.07, 6.45) is 0.642. The fourth-order valence-corrected chi connectivity index (χ4v) is 2.20. The fourth-order valence-electron chi connectivity index (χ4n) is 2.20. The van der Waals surface area contributed by atoms with Gasteiger partial charge in [0.15, 0.2) is 11.6 Å². The van der Waals surface area contributed by atoms with Crippen LogP contribution < -0.4 is 5.56 Å². The van der Waals surface area contributed by atoms with E-state index in [4.69, 9.17) is 0 Å². The van der Waals surface area contributed by atoms with E-state index in [1.54, 1.807) is 14.1 Å². The summed E-state index contributed by atoms with van der Waals surface area (Å²) >= 11 is 0. The number of halogens is 2. The van der Waals surface area contributed by atoms with Crippen LogP contribution in [0.5, 0.6) is 0 Å². The molecule has 1 aromatic heterocycles. The Hall–Kier alpha value is -2.24. The summed E-state index contributed by atoms with van der Waals surface area (Å²) in [6.45, 7) is 2.20. The van der Waals surface area contributed by atoms with E-state index in [0.29, 0.717) is 13.0 Å². The Labute approximate surface area is 120 Å². The largest absolute Gasteiger partial charge is 0.343 e. The molecule has 0 aliphatic heterocycles. The lowest BCUT2D eigenvalue weighted by Gasteiger charge is -2.16. The molecule has 2 rings (SSSR count). The normalized spacial score (nSPS) is 10.9. The van der Waals surface area contributed by atoms with Crippen molar-refractivity contribution in [2.24, 2.45) is 0 Å². The minimum atomic E-state index is -1.07. The summed E-state index contributed by atoms with van der Waals surface area (Å²) in [5.74, 6) is -2.47. The lowest BCUT2D eigenvalue weighted by molar-refractivity contribution is 0.0815. The van der Waals surface area contributed by atoms with Gasteiger partial charge in [-0.3, -0.25) is 9.59 Å². The van der Waals surface area contributed by atoms with Gasteiger partial charge < -0.3 is 9.47 Å². The number of carbonyl (C=O) groups excluding carboxylic acids is 1. The van der Waals surface area contributed by atoms with Crippen LogP contribution in [-0.4, -0.2) is 29.5 Å². The monoisotopic (exact) mass is 294 g/mol. The van der Waals surface area contributed by atoms with Crippen LogP contribution in [-0.2, 0) is 6.54 Å². The summed E-state index contributed by atoms with van der Waals surface area (Å²) in [6, 6.07) is 3.25. The number of carbonyl (C=O) groups is 1. The highest BCUT2D eigenvalue weighted by Gasteiger charge is 2.18. The molecular formula is C15H16F2N2O2. The first-order chi connectivity index (χ1) is 9.86. The first-order valence-electron chi connectivity index (χ1n) is 6.61. The third-order valence-electron chi connectivity index (χ3n) is 3.22. The third kappa shape index (κ3) is 2.66. The number of hydrogen-bond acceptors (Lipinski definition) is 2. The SMILES string of the molecule is CCCn1c(C(=O)N(C)C)cc2cc(F)c(F)cc2c1=O. The maximum Gasteiger partial charge on any atom is 0.270 e. The van der Waals surface area contributed by atoms with Crippen molar-refractivity contribution in [3.63, 3.8) is 0 Å². The van der Waals surface area contributed by atoms with E-state index < -0.39 is 17.2 Å². The quantitative estimate of drug-likeness (QED) is 0.872. The molecule has 1 heterocycles. The predicted octanol–water partition coefficient (Wildman–Crippen LogP) is 2.39. The molecule has 0 spiro atoms. The Morgan fingerprint density at radius 1 is 1.19 bits per heavy atom. The predicted molar refractivity (Wildman–Crippen MR) is 76.4 cm³/mol. The number of hydrogen-bond donors (Lipinski definition) is 0. The number of pyridine rings is 1. The molecule has 0 fully saturated rings. The average molecular weight is 294 g/mol. The molecule has 4 nitrogen and oxygen atoms in total. The number of nitrogens with zero attached hydrogens (tertiary/aromatic N) is 2. The summed E-state index contributed by atoms with van der Waals surface area (Å²) in [4.78, 5) is 26.0. The minimum absolute atomic E-state index is 0.0673. The first-order valence-corrected chi connectivity index (χ1v) is 6.61. The topological polar surface area (TPSA) is 42.3 Å². The Bertz CT molecular complexity index is 766. The van der Waals surface area contributed by atoms with E-state index in [9.17, 15) is 18.4 Å². The molecule has 0 saturated heterocycles.